The summed E-state index contributed by atoms with van der Waals surface area (Å²) in [5.74, 6) is -0.542. The molecular formula is C9H6ClNO2S. The van der Waals surface area contributed by atoms with Crippen molar-refractivity contribution < 1.29 is 9.53 Å². The summed E-state index contributed by atoms with van der Waals surface area (Å²) in [6, 6.07) is 4.86. The molecule has 0 bridgehead atoms. The fourth-order valence-corrected chi connectivity index (χ4v) is 1.30. The highest BCUT2D eigenvalue weighted by Gasteiger charge is 2.15. The molecule has 1 aromatic rings. The number of ether oxygens (including phenoxy) is 1. The minimum Gasteiger partial charge on any atom is -0.465 e. The van der Waals surface area contributed by atoms with Crippen LogP contribution in [0.25, 0.3) is 0 Å². The molecule has 5 heteroatoms. The van der Waals surface area contributed by atoms with Gasteiger partial charge in [0.1, 0.15) is 5.56 Å². The summed E-state index contributed by atoms with van der Waals surface area (Å²) in [5.41, 5.74) is 0.563. The monoisotopic (exact) mass is 227 g/mol. The number of isothiocyanates is 1. The number of hydrogen-bond donors (Lipinski definition) is 0. The third-order valence-corrected chi connectivity index (χ3v) is 1.95. The van der Waals surface area contributed by atoms with Crippen LogP contribution in [0.2, 0.25) is 5.02 Å². The van der Waals surface area contributed by atoms with Gasteiger partial charge in [0.05, 0.1) is 23.0 Å². The van der Waals surface area contributed by atoms with E-state index in [4.69, 9.17) is 11.6 Å². The van der Waals surface area contributed by atoms with Gasteiger partial charge < -0.3 is 4.74 Å². The van der Waals surface area contributed by atoms with Gasteiger partial charge in [0.15, 0.2) is 0 Å². The Labute approximate surface area is 91.4 Å². The standard InChI is InChI=1S/C9H6ClNO2S/c1-13-9(12)8-6(10)3-2-4-7(8)11-5-14/h2-4H,1H3. The van der Waals surface area contributed by atoms with E-state index in [1.807, 2.05) is 0 Å². The van der Waals surface area contributed by atoms with E-state index in [9.17, 15) is 4.79 Å². The second-order valence-electron chi connectivity index (χ2n) is 2.33. The van der Waals surface area contributed by atoms with Crippen LogP contribution in [0.4, 0.5) is 5.69 Å². The van der Waals surface area contributed by atoms with E-state index in [0.717, 1.165) is 0 Å². The highest BCUT2D eigenvalue weighted by atomic mass is 35.5. The topological polar surface area (TPSA) is 38.7 Å². The van der Waals surface area contributed by atoms with Crippen molar-refractivity contribution in [1.29, 1.82) is 0 Å². The predicted molar refractivity (Wildman–Crippen MR) is 57.5 cm³/mol. The van der Waals surface area contributed by atoms with E-state index in [2.05, 4.69) is 27.1 Å². The van der Waals surface area contributed by atoms with Crippen molar-refractivity contribution in [1.82, 2.24) is 0 Å². The lowest BCUT2D eigenvalue weighted by Gasteiger charge is -2.03. The molecule has 14 heavy (non-hydrogen) atoms. The third-order valence-electron chi connectivity index (χ3n) is 1.55. The maximum Gasteiger partial charge on any atom is 0.341 e. The lowest BCUT2D eigenvalue weighted by Crippen LogP contribution is -2.02. The molecule has 0 atom stereocenters. The molecule has 3 nitrogen and oxygen atoms in total. The molecule has 0 aliphatic carbocycles. The summed E-state index contributed by atoms with van der Waals surface area (Å²) in [6.45, 7) is 0. The minimum absolute atomic E-state index is 0.203. The van der Waals surface area contributed by atoms with Gasteiger partial charge >= 0.3 is 5.97 Å². The van der Waals surface area contributed by atoms with Crippen molar-refractivity contribution in [2.75, 3.05) is 7.11 Å². The average Bonchev–Trinajstić information content (AvgIpc) is 2.18. The molecule has 0 amide bonds. The number of halogens is 1. The Bertz CT molecular complexity index is 413. The first-order valence-corrected chi connectivity index (χ1v) is 4.44. The Hall–Kier alpha value is -1.22. The summed E-state index contributed by atoms with van der Waals surface area (Å²) in [6.07, 6.45) is 0. The first-order chi connectivity index (χ1) is 6.70. The Morgan fingerprint density at radius 2 is 2.36 bits per heavy atom. The van der Waals surface area contributed by atoms with E-state index in [0.29, 0.717) is 5.69 Å². The summed E-state index contributed by atoms with van der Waals surface area (Å²) < 4.78 is 4.56. The summed E-state index contributed by atoms with van der Waals surface area (Å²) in [7, 11) is 1.27. The van der Waals surface area contributed by atoms with E-state index < -0.39 is 5.97 Å². The first kappa shape index (κ1) is 10.9. The molecule has 0 saturated heterocycles. The van der Waals surface area contributed by atoms with Crippen LogP contribution < -0.4 is 0 Å². The number of hydrogen-bond acceptors (Lipinski definition) is 4. The maximum absolute atomic E-state index is 11.3. The Morgan fingerprint density at radius 1 is 1.64 bits per heavy atom. The lowest BCUT2D eigenvalue weighted by atomic mass is 10.2. The number of methoxy groups -OCH3 is 1. The van der Waals surface area contributed by atoms with Crippen LogP contribution in [0.1, 0.15) is 10.4 Å². The molecule has 72 valence electrons. The SMILES string of the molecule is COC(=O)c1c(Cl)cccc1N=C=S. The molecule has 0 aliphatic rings. The number of aliphatic imine (C=N–C) groups is 1. The minimum atomic E-state index is -0.542. The molecule has 0 N–H and O–H groups in total. The Kier molecular flexibility index (Phi) is 3.77. The fourth-order valence-electron chi connectivity index (χ4n) is 0.959. The Balaban J connectivity index is 3.36. The second-order valence-corrected chi connectivity index (χ2v) is 2.92. The van der Waals surface area contributed by atoms with Gasteiger partial charge in [-0.05, 0) is 24.4 Å². The van der Waals surface area contributed by atoms with Gasteiger partial charge in [0, 0.05) is 0 Å². The van der Waals surface area contributed by atoms with Gasteiger partial charge in [-0.25, -0.2) is 4.79 Å². The van der Waals surface area contributed by atoms with Crippen molar-refractivity contribution in [3.8, 4) is 0 Å². The molecule has 1 aromatic carbocycles. The van der Waals surface area contributed by atoms with Crippen molar-refractivity contribution in [2.45, 2.75) is 0 Å². The van der Waals surface area contributed by atoms with Crippen LogP contribution in [0.15, 0.2) is 23.2 Å². The zero-order valence-corrected chi connectivity index (χ0v) is 8.85. The third kappa shape index (κ3) is 2.17. The van der Waals surface area contributed by atoms with E-state index in [1.54, 1.807) is 18.2 Å². The first-order valence-electron chi connectivity index (χ1n) is 3.65. The summed E-state index contributed by atoms with van der Waals surface area (Å²) in [5, 5.41) is 2.45. The normalized spacial score (nSPS) is 9.00. The highest BCUT2D eigenvalue weighted by molar-refractivity contribution is 7.78. The zero-order valence-electron chi connectivity index (χ0n) is 7.28. The molecule has 0 spiro atoms. The van der Waals surface area contributed by atoms with Gasteiger partial charge in [0.25, 0.3) is 0 Å². The molecule has 0 saturated carbocycles. The number of benzene rings is 1. The molecule has 0 fully saturated rings. The number of carbonyl (C=O) groups is 1. The summed E-state index contributed by atoms with van der Waals surface area (Å²) in [4.78, 5) is 15.0. The number of carbonyl (C=O) groups excluding carboxylic acids is 1. The van der Waals surface area contributed by atoms with Gasteiger partial charge in [-0.1, -0.05) is 17.7 Å². The van der Waals surface area contributed by atoms with Gasteiger partial charge in [-0.2, -0.15) is 4.99 Å². The highest BCUT2D eigenvalue weighted by Crippen LogP contribution is 2.26. The van der Waals surface area contributed by atoms with Crippen molar-refractivity contribution in [3.05, 3.63) is 28.8 Å². The average molecular weight is 228 g/mol. The van der Waals surface area contributed by atoms with Crippen LogP contribution in [0.5, 0.6) is 0 Å². The van der Waals surface area contributed by atoms with Crippen molar-refractivity contribution in [2.24, 2.45) is 4.99 Å². The van der Waals surface area contributed by atoms with Gasteiger partial charge in [0.2, 0.25) is 0 Å². The molecular weight excluding hydrogens is 222 g/mol. The number of rotatable bonds is 2. The number of esters is 1. The molecule has 0 unspecified atom stereocenters. The Morgan fingerprint density at radius 3 is 2.93 bits per heavy atom. The lowest BCUT2D eigenvalue weighted by molar-refractivity contribution is 0.0602. The number of nitrogens with zero attached hydrogens (tertiary/aromatic N) is 1. The molecule has 0 heterocycles. The van der Waals surface area contributed by atoms with Crippen LogP contribution in [-0.2, 0) is 4.74 Å². The molecule has 0 aliphatic heterocycles. The summed E-state index contributed by atoms with van der Waals surface area (Å²) >= 11 is 10.3. The quantitative estimate of drug-likeness (QED) is 0.443. The zero-order chi connectivity index (χ0) is 10.6. The van der Waals surface area contributed by atoms with E-state index in [1.165, 1.54) is 7.11 Å². The van der Waals surface area contributed by atoms with Crippen LogP contribution in [0, 0.1) is 0 Å². The van der Waals surface area contributed by atoms with Gasteiger partial charge in [-0.3, -0.25) is 0 Å². The largest absolute Gasteiger partial charge is 0.465 e. The molecule has 1 rings (SSSR count). The van der Waals surface area contributed by atoms with Crippen molar-refractivity contribution in [3.63, 3.8) is 0 Å². The van der Waals surface area contributed by atoms with E-state index >= 15 is 0 Å². The maximum atomic E-state index is 11.3. The second kappa shape index (κ2) is 4.86. The van der Waals surface area contributed by atoms with Crippen LogP contribution >= 0.6 is 23.8 Å². The fraction of sp³-hybridized carbons (Fsp3) is 0.111. The molecule has 0 radical (unpaired) electrons. The van der Waals surface area contributed by atoms with E-state index in [-0.39, 0.29) is 10.6 Å². The number of thiocarbonyl (C=S) groups is 1. The van der Waals surface area contributed by atoms with Crippen LogP contribution in [-0.4, -0.2) is 18.2 Å². The predicted octanol–water partition coefficient (Wildman–Crippen LogP) is 2.86. The van der Waals surface area contributed by atoms with Gasteiger partial charge in [-0.15, -0.1) is 0 Å². The van der Waals surface area contributed by atoms with Crippen LogP contribution in [0.3, 0.4) is 0 Å². The van der Waals surface area contributed by atoms with Crippen molar-refractivity contribution >= 4 is 40.6 Å². The smallest absolute Gasteiger partial charge is 0.341 e. The molecule has 0 aromatic heterocycles.